The van der Waals surface area contributed by atoms with Gasteiger partial charge < -0.3 is 42.0 Å². The lowest BCUT2D eigenvalue weighted by Gasteiger charge is -2.32. The van der Waals surface area contributed by atoms with E-state index in [2.05, 4.69) is 120 Å². The first-order valence-corrected chi connectivity index (χ1v) is 18.1. The van der Waals surface area contributed by atoms with Crippen LogP contribution < -0.4 is 22.7 Å². The number of halogens is 2. The van der Waals surface area contributed by atoms with E-state index in [0.717, 1.165) is 45.1 Å². The number of aromatic nitrogens is 12. The zero-order valence-electron chi connectivity index (χ0n) is 32.5. The second-order valence-electron chi connectivity index (χ2n) is 13.1. The van der Waals surface area contributed by atoms with Crippen molar-refractivity contribution in [3.8, 4) is 22.5 Å². The molecule has 55 heavy (non-hydrogen) atoms. The monoisotopic (exact) mass is 873 g/mol. The van der Waals surface area contributed by atoms with Crippen LogP contribution in [0.15, 0.2) is 58.8 Å². The first-order valence-electron chi connectivity index (χ1n) is 16.5. The van der Waals surface area contributed by atoms with Crippen molar-refractivity contribution in [3.05, 3.63) is 75.9 Å². The molecule has 7 rings (SSSR count). The molecule has 17 nitrogen and oxygen atoms in total. The van der Waals surface area contributed by atoms with Crippen molar-refractivity contribution in [2.75, 3.05) is 17.2 Å². The van der Waals surface area contributed by atoms with Crippen molar-refractivity contribution in [2.45, 2.75) is 59.7 Å². The Labute approximate surface area is 340 Å². The van der Waals surface area contributed by atoms with Gasteiger partial charge in [-0.15, -0.1) is 0 Å². The van der Waals surface area contributed by atoms with Crippen molar-refractivity contribution in [3.63, 3.8) is 0 Å². The summed E-state index contributed by atoms with van der Waals surface area (Å²) in [6.07, 6.45) is 13.7. The highest BCUT2D eigenvalue weighted by atomic mass is 79.9. The lowest BCUT2D eigenvalue weighted by atomic mass is 9.79. The van der Waals surface area contributed by atoms with Gasteiger partial charge in [0.15, 0.2) is 5.82 Å². The highest BCUT2D eigenvalue weighted by molar-refractivity contribution is 9.10. The molecule has 287 valence electrons. The van der Waals surface area contributed by atoms with E-state index in [9.17, 15) is 0 Å². The summed E-state index contributed by atoms with van der Waals surface area (Å²) >= 11 is 6.37. The number of hydrogen-bond acceptors (Lipinski definition) is 14. The van der Waals surface area contributed by atoms with Gasteiger partial charge in [-0.05, 0) is 80.3 Å². The van der Waals surface area contributed by atoms with Gasteiger partial charge in [0, 0.05) is 56.3 Å². The van der Waals surface area contributed by atoms with Crippen LogP contribution in [0.5, 0.6) is 0 Å². The number of hydrogen-bond donors (Lipinski definition) is 3. The molecule has 1 aliphatic heterocycles. The number of anilines is 3. The largest absolute Gasteiger partial charge is 0.693 e. The third kappa shape index (κ3) is 12.2. The topological polar surface area (TPSA) is 227 Å². The molecular formula is C33H44B3Br2N15O2-. The van der Waals surface area contributed by atoms with E-state index in [-0.39, 0.29) is 18.3 Å². The molecule has 6 aromatic rings. The molecule has 0 saturated carbocycles. The highest BCUT2D eigenvalue weighted by Gasteiger charge is 2.52. The molecule has 1 fully saturated rings. The molecule has 6 N–H and O–H groups in total. The van der Waals surface area contributed by atoms with E-state index >= 15 is 0 Å². The van der Waals surface area contributed by atoms with E-state index < -0.39 is 0 Å². The molecule has 0 bridgehead atoms. The van der Waals surface area contributed by atoms with Crippen LogP contribution in [-0.2, 0) is 30.5 Å². The fourth-order valence-electron chi connectivity index (χ4n) is 4.83. The Morgan fingerprint density at radius 1 is 0.636 bits per heavy atom. The van der Waals surface area contributed by atoms with Gasteiger partial charge in [0.05, 0.1) is 70.7 Å². The molecule has 0 spiro atoms. The maximum absolute atomic E-state index is 5.97. The van der Waals surface area contributed by atoms with Gasteiger partial charge in [-0.3, -0.25) is 19.0 Å². The number of nitrogens with two attached hydrogens (primary N) is 3. The molecule has 7 heterocycles. The van der Waals surface area contributed by atoms with Crippen LogP contribution in [0.3, 0.4) is 0 Å². The van der Waals surface area contributed by atoms with Gasteiger partial charge in [-0.25, -0.2) is 24.9 Å². The van der Waals surface area contributed by atoms with Crippen LogP contribution in [0.1, 0.15) is 44.8 Å². The van der Waals surface area contributed by atoms with Gasteiger partial charge in [0.1, 0.15) is 20.8 Å². The minimum absolute atomic E-state index is 0.292. The maximum atomic E-state index is 5.97. The summed E-state index contributed by atoms with van der Waals surface area (Å²) < 4.78 is 18.5. The van der Waals surface area contributed by atoms with Crippen LogP contribution in [0.2, 0.25) is 0 Å². The van der Waals surface area contributed by atoms with Crippen molar-refractivity contribution in [1.29, 1.82) is 0 Å². The first-order chi connectivity index (χ1) is 25.8. The Balaban J connectivity index is 0.000000198. The third-order valence-electron chi connectivity index (χ3n) is 8.21. The van der Waals surface area contributed by atoms with Crippen molar-refractivity contribution < 1.29 is 9.31 Å². The van der Waals surface area contributed by atoms with E-state index in [1.807, 2.05) is 60.5 Å². The van der Waals surface area contributed by atoms with Crippen LogP contribution >= 0.6 is 31.9 Å². The smallest absolute Gasteiger partial charge is 0.498 e. The molecule has 0 atom stereocenters. The molecule has 5 radical (unpaired) electrons. The summed E-state index contributed by atoms with van der Waals surface area (Å²) in [5.41, 5.74) is 23.0. The highest BCUT2D eigenvalue weighted by Crippen LogP contribution is 2.36. The summed E-state index contributed by atoms with van der Waals surface area (Å²) in [6, 6.07) is 0. The lowest BCUT2D eigenvalue weighted by molar-refractivity contribution is 0.00578. The number of rotatable bonds is 3. The molecule has 1 saturated heterocycles. The summed E-state index contributed by atoms with van der Waals surface area (Å²) in [6.45, 7) is 14.1. The van der Waals surface area contributed by atoms with E-state index in [1.165, 1.54) is 6.20 Å². The van der Waals surface area contributed by atoms with Gasteiger partial charge in [0.2, 0.25) is 0 Å². The fraction of sp³-hybridized carbons (Fsp3) is 0.364. The van der Waals surface area contributed by atoms with Crippen LogP contribution in [-0.4, -0.2) is 93.0 Å². The van der Waals surface area contributed by atoms with Gasteiger partial charge in [0.25, 0.3) is 0 Å². The molecule has 0 aromatic carbocycles. The Morgan fingerprint density at radius 2 is 1.09 bits per heavy atom. The molecule has 1 aliphatic rings. The van der Waals surface area contributed by atoms with E-state index in [0.29, 0.717) is 26.7 Å². The number of aryl methyl sites for hydroxylation is 6. The minimum Gasteiger partial charge on any atom is -0.693 e. The Kier molecular flexibility index (Phi) is 15.7. The second kappa shape index (κ2) is 19.3. The van der Waals surface area contributed by atoms with E-state index in [4.69, 9.17) is 26.5 Å². The molecule has 0 unspecified atom stereocenters. The summed E-state index contributed by atoms with van der Waals surface area (Å²) in [5, 5.41) is 12.8. The second-order valence-corrected chi connectivity index (χ2v) is 14.6. The Bertz CT molecular complexity index is 2100. The van der Waals surface area contributed by atoms with Gasteiger partial charge in [-0.2, -0.15) is 15.3 Å². The van der Waals surface area contributed by atoms with Gasteiger partial charge in [-0.1, -0.05) is 0 Å². The average molecular weight is 875 g/mol. The van der Waals surface area contributed by atoms with Crippen LogP contribution in [0, 0.1) is 20.8 Å². The van der Waals surface area contributed by atoms with E-state index in [1.54, 1.807) is 38.8 Å². The fourth-order valence-corrected chi connectivity index (χ4v) is 5.32. The number of nitrogens with zero attached hydrogens (tertiary/aromatic N) is 12. The third-order valence-corrected chi connectivity index (χ3v) is 9.20. The zero-order valence-corrected chi connectivity index (χ0v) is 35.7. The summed E-state index contributed by atoms with van der Waals surface area (Å²) in [4.78, 5) is 24.1. The van der Waals surface area contributed by atoms with Crippen molar-refractivity contribution in [2.24, 2.45) is 21.1 Å². The average Bonchev–Trinajstić information content (AvgIpc) is 3.82. The molecule has 22 heteroatoms. The Hall–Kier alpha value is -4.66. The maximum Gasteiger partial charge on any atom is 0.498 e. The standard InChI is InChI=1S/C11H19BN2O2.C9H10BrN5.C9H11N5.C4H4BrN3.B2/c1-8-9(7-14(6)13-8)12-15-10(2,3)11(4,5)16-12;1-5-6(4-15(2)14-5)7-3-12-9(11)8(10)13-7;1-6-7(5-14(2)13-6)8-3-12-9(10)4-11-8;5-3-1-8-4(6)2-7-3;1-2/h7H,1-6H3;3-4H,1-2H3,(H2,11,12);3-5H,1-2H3,(H2,10,12);1-2H,(H2,6,8);/q;;;;-1. The quantitative estimate of drug-likeness (QED) is 0.217. The van der Waals surface area contributed by atoms with Crippen LogP contribution in [0.25, 0.3) is 22.5 Å². The molecule has 0 amide bonds. The summed E-state index contributed by atoms with van der Waals surface area (Å²) in [7, 11) is 13.3. The molecular weight excluding hydrogens is 831 g/mol. The lowest BCUT2D eigenvalue weighted by Crippen LogP contribution is -2.41. The SMILES string of the molecule is Cc1nn(C)cc1-c1cnc(N)c(Br)n1.Cc1nn(C)cc1-c1cnc(N)cn1.Cc1nn(C)cc1B1OC(C)(C)C(C)(C)O1.Nc1cnc(Br)cn1.[B][B-]. The Morgan fingerprint density at radius 3 is 1.47 bits per heavy atom. The molecule has 0 aliphatic carbocycles. The minimum atomic E-state index is -0.307. The first kappa shape index (κ1) is 44.7. The van der Waals surface area contributed by atoms with Crippen molar-refractivity contribution >= 4 is 77.4 Å². The molecule has 6 aromatic heterocycles. The van der Waals surface area contributed by atoms with Crippen molar-refractivity contribution in [1.82, 2.24) is 59.2 Å². The number of nitrogen functional groups attached to an aromatic ring is 3. The van der Waals surface area contributed by atoms with Crippen LogP contribution in [0.4, 0.5) is 17.5 Å². The zero-order chi connectivity index (χ0) is 41.2. The summed E-state index contributed by atoms with van der Waals surface area (Å²) in [5.74, 6) is 1.25. The predicted octanol–water partition coefficient (Wildman–Crippen LogP) is 3.39. The normalized spacial score (nSPS) is 13.6. The van der Waals surface area contributed by atoms with Gasteiger partial charge >= 0.3 is 7.12 Å². The predicted molar refractivity (Wildman–Crippen MR) is 224 cm³/mol.